The number of rotatable bonds is 6. The van der Waals surface area contributed by atoms with Crippen molar-refractivity contribution in [1.82, 2.24) is 5.06 Å². The van der Waals surface area contributed by atoms with Crippen molar-refractivity contribution in [3.63, 3.8) is 0 Å². The fourth-order valence-corrected chi connectivity index (χ4v) is 1.52. The zero-order valence-corrected chi connectivity index (χ0v) is 11.0. The van der Waals surface area contributed by atoms with Crippen LogP contribution in [0.25, 0.3) is 0 Å². The molecule has 0 aromatic heterocycles. The molecule has 1 saturated heterocycles. The lowest BCUT2D eigenvalue weighted by Gasteiger charge is -2.15. The molecule has 1 fully saturated rings. The van der Waals surface area contributed by atoms with Gasteiger partial charge in [0.15, 0.2) is 0 Å². The van der Waals surface area contributed by atoms with E-state index in [9.17, 15) is 14.4 Å². The smallest absolute Gasteiger partial charge is 0.335 e. The van der Waals surface area contributed by atoms with E-state index in [-0.39, 0.29) is 47.6 Å². The Bertz CT molecular complexity index is 316. The molecule has 7 nitrogen and oxygen atoms in total. The highest BCUT2D eigenvalue weighted by atomic mass is 16.7. The first-order chi connectivity index (χ1) is 9.06. The Kier molecular flexibility index (Phi) is 20.2. The number of hydrogen-bond donors (Lipinski definition) is 1. The highest BCUT2D eigenvalue weighted by Crippen LogP contribution is 2.16. The average Bonchev–Trinajstić information content (AvgIpc) is 2.73. The van der Waals surface area contributed by atoms with E-state index in [0.29, 0.717) is 24.3 Å². The van der Waals surface area contributed by atoms with Crippen LogP contribution >= 0.6 is 0 Å². The van der Waals surface area contributed by atoms with Crippen molar-refractivity contribution in [3.8, 4) is 0 Å². The monoisotopic (exact) mass is 321 g/mol. The third kappa shape index (κ3) is 9.23. The van der Waals surface area contributed by atoms with Crippen molar-refractivity contribution < 1.29 is 29.1 Å². The van der Waals surface area contributed by atoms with Gasteiger partial charge in [0.2, 0.25) is 0 Å². The number of carbonyl (C=O) groups excluding carboxylic acids is 4. The highest BCUT2D eigenvalue weighted by molar-refractivity contribution is 6.01. The number of unbranched alkanes of at least 4 members (excludes halogenated alkanes) is 1. The molecule has 0 aromatic rings. The summed E-state index contributed by atoms with van der Waals surface area (Å²) in [6.45, 7) is 3.76. The number of aliphatic hydroxyl groups is 1. The Morgan fingerprint density at radius 2 is 1.64 bits per heavy atom. The number of aliphatic hydroxyl groups excluding tert-OH is 1. The fraction of sp³-hybridized carbons (Fsp3) is 0.733. The van der Waals surface area contributed by atoms with Gasteiger partial charge in [0.05, 0.1) is 5.92 Å². The van der Waals surface area contributed by atoms with E-state index in [1.165, 1.54) is 0 Å². The molecule has 0 bridgehead atoms. The Morgan fingerprint density at radius 3 is 2.05 bits per heavy atom. The van der Waals surface area contributed by atoms with Gasteiger partial charge in [-0.1, -0.05) is 35.6 Å². The molecule has 1 atom stereocenters. The molecular formula is C15H31NO6. The molecular weight excluding hydrogens is 290 g/mol. The van der Waals surface area contributed by atoms with Gasteiger partial charge >= 0.3 is 5.97 Å². The summed E-state index contributed by atoms with van der Waals surface area (Å²) in [6, 6.07) is 0. The first kappa shape index (κ1) is 28.4. The van der Waals surface area contributed by atoms with E-state index in [1.807, 2.05) is 6.79 Å². The second-order valence-corrected chi connectivity index (χ2v) is 4.11. The average molecular weight is 321 g/mol. The van der Waals surface area contributed by atoms with Crippen LogP contribution < -0.4 is 0 Å². The number of carbonyl (C=O) groups is 4. The van der Waals surface area contributed by atoms with Crippen LogP contribution in [-0.4, -0.2) is 41.3 Å². The van der Waals surface area contributed by atoms with Crippen LogP contribution in [0.1, 0.15) is 61.3 Å². The molecule has 0 spiro atoms. The van der Waals surface area contributed by atoms with Crippen LogP contribution in [0.3, 0.4) is 0 Å². The molecule has 1 aliphatic rings. The van der Waals surface area contributed by atoms with E-state index in [2.05, 4.69) is 0 Å². The summed E-state index contributed by atoms with van der Waals surface area (Å²) in [5.74, 6) is -1.90. The molecule has 1 N–H and O–H groups in total. The van der Waals surface area contributed by atoms with Gasteiger partial charge in [0.1, 0.15) is 6.79 Å². The third-order valence-corrected chi connectivity index (χ3v) is 2.63. The van der Waals surface area contributed by atoms with Gasteiger partial charge in [0.25, 0.3) is 11.8 Å². The number of hydrogen-bond acceptors (Lipinski definition) is 6. The predicted octanol–water partition coefficient (Wildman–Crippen LogP) is 2.12. The van der Waals surface area contributed by atoms with Crippen molar-refractivity contribution in [3.05, 3.63) is 0 Å². The van der Waals surface area contributed by atoms with Crippen molar-refractivity contribution in [2.24, 2.45) is 5.92 Å². The Labute approximate surface area is 133 Å². The first-order valence-electron chi connectivity index (χ1n) is 6.03. The molecule has 0 aliphatic carbocycles. The Morgan fingerprint density at radius 1 is 1.18 bits per heavy atom. The van der Waals surface area contributed by atoms with E-state index in [1.54, 1.807) is 6.92 Å². The second kappa shape index (κ2) is 15.6. The quantitative estimate of drug-likeness (QED) is 0.594. The summed E-state index contributed by atoms with van der Waals surface area (Å²) in [4.78, 5) is 46.7. The Hall–Kier alpha value is -1.76. The molecule has 1 unspecified atom stereocenters. The standard InChI is InChI=1S/C11H17NO5.CH2O.3CH4/c1-8(4-2-3-7-13)11(16)17-12-9(14)5-6-10(12)15;1-2;;;/h8,13H,2-7H2,1H3;1H2;3*1H4. The topological polar surface area (TPSA) is 101 Å². The largest absolute Gasteiger partial charge is 0.396 e. The van der Waals surface area contributed by atoms with Crippen molar-refractivity contribution >= 4 is 24.6 Å². The van der Waals surface area contributed by atoms with E-state index in [0.717, 1.165) is 0 Å². The number of hydroxylamine groups is 2. The van der Waals surface area contributed by atoms with Crippen LogP contribution in [0.4, 0.5) is 0 Å². The van der Waals surface area contributed by atoms with Crippen molar-refractivity contribution in [1.29, 1.82) is 0 Å². The lowest BCUT2D eigenvalue weighted by Crippen LogP contribution is -2.34. The molecule has 1 aliphatic heterocycles. The predicted molar refractivity (Wildman–Crippen MR) is 84.6 cm³/mol. The van der Waals surface area contributed by atoms with Gasteiger partial charge in [-0.15, -0.1) is 5.06 Å². The van der Waals surface area contributed by atoms with Crippen LogP contribution in [0.2, 0.25) is 0 Å². The van der Waals surface area contributed by atoms with Crippen LogP contribution in [0, 0.1) is 5.92 Å². The van der Waals surface area contributed by atoms with Gasteiger partial charge in [-0.25, -0.2) is 4.79 Å². The summed E-state index contributed by atoms with van der Waals surface area (Å²) < 4.78 is 0. The van der Waals surface area contributed by atoms with E-state index in [4.69, 9.17) is 14.7 Å². The fourth-order valence-electron chi connectivity index (χ4n) is 1.52. The minimum atomic E-state index is -0.577. The zero-order valence-electron chi connectivity index (χ0n) is 11.0. The minimum absolute atomic E-state index is 0. The molecule has 0 radical (unpaired) electrons. The second-order valence-electron chi connectivity index (χ2n) is 4.11. The summed E-state index contributed by atoms with van der Waals surface area (Å²) in [7, 11) is 0. The molecule has 1 heterocycles. The summed E-state index contributed by atoms with van der Waals surface area (Å²) >= 11 is 0. The lowest BCUT2D eigenvalue weighted by molar-refractivity contribution is -0.200. The summed E-state index contributed by atoms with van der Waals surface area (Å²) in [5, 5.41) is 9.16. The molecule has 0 saturated carbocycles. The van der Waals surface area contributed by atoms with Gasteiger partial charge in [0, 0.05) is 19.4 Å². The maximum absolute atomic E-state index is 11.6. The zero-order chi connectivity index (χ0) is 14.8. The Balaban J connectivity index is -0.000000310. The van der Waals surface area contributed by atoms with Crippen LogP contribution in [0.15, 0.2) is 0 Å². The molecule has 1 rings (SSSR count). The highest BCUT2D eigenvalue weighted by Gasteiger charge is 2.33. The molecule has 22 heavy (non-hydrogen) atoms. The van der Waals surface area contributed by atoms with E-state index < -0.39 is 17.8 Å². The minimum Gasteiger partial charge on any atom is -0.396 e. The van der Waals surface area contributed by atoms with Crippen LogP contribution in [-0.2, 0) is 24.0 Å². The van der Waals surface area contributed by atoms with Crippen LogP contribution in [0.5, 0.6) is 0 Å². The van der Waals surface area contributed by atoms with Gasteiger partial charge in [-0.05, 0) is 12.8 Å². The van der Waals surface area contributed by atoms with Crippen molar-refractivity contribution in [2.75, 3.05) is 6.61 Å². The normalized spacial score (nSPS) is 13.6. The van der Waals surface area contributed by atoms with Gasteiger partial charge < -0.3 is 14.7 Å². The van der Waals surface area contributed by atoms with E-state index >= 15 is 0 Å². The van der Waals surface area contributed by atoms with Gasteiger partial charge in [-0.3, -0.25) is 9.59 Å². The maximum atomic E-state index is 11.6. The summed E-state index contributed by atoms with van der Waals surface area (Å²) in [5.41, 5.74) is 0. The van der Waals surface area contributed by atoms with Gasteiger partial charge in [-0.2, -0.15) is 0 Å². The third-order valence-electron chi connectivity index (χ3n) is 2.63. The number of nitrogens with zero attached hydrogens (tertiary/aromatic N) is 1. The number of imide groups is 1. The molecule has 0 aromatic carbocycles. The summed E-state index contributed by atoms with van der Waals surface area (Å²) in [6.07, 6.45) is 2.10. The molecule has 7 heteroatoms. The lowest BCUT2D eigenvalue weighted by atomic mass is 10.1. The SMILES string of the molecule is C.C.C.C=O.CC(CCCCO)C(=O)ON1C(=O)CCC1=O. The van der Waals surface area contributed by atoms with Crippen molar-refractivity contribution in [2.45, 2.75) is 61.3 Å². The molecule has 132 valence electrons. The number of amides is 2. The maximum Gasteiger partial charge on any atom is 0.335 e. The molecule has 2 amide bonds. The first-order valence-corrected chi connectivity index (χ1v) is 6.03.